The quantitative estimate of drug-likeness (QED) is 0.659. The Kier molecular flexibility index (Phi) is 4.61. The Hall–Kier alpha value is -3.08. The minimum Gasteiger partial charge on any atom is -0.494 e. The summed E-state index contributed by atoms with van der Waals surface area (Å²) < 4.78 is 15.6. The average molecular weight is 323 g/mol. The van der Waals surface area contributed by atoms with Crippen molar-refractivity contribution in [2.24, 2.45) is 0 Å². The summed E-state index contributed by atoms with van der Waals surface area (Å²) in [7, 11) is 1.36. The fourth-order valence-corrected chi connectivity index (χ4v) is 2.35. The van der Waals surface area contributed by atoms with Gasteiger partial charge in [0.05, 0.1) is 19.3 Å². The SMILES string of the molecule is CCOc1ccc(-c2cc(-c3cccc(C(=O)OC)c3)no2)cc1. The molecule has 0 aliphatic heterocycles. The molecule has 2 aromatic carbocycles. The minimum absolute atomic E-state index is 0.382. The summed E-state index contributed by atoms with van der Waals surface area (Å²) in [5, 5.41) is 4.09. The van der Waals surface area contributed by atoms with Gasteiger partial charge in [0.1, 0.15) is 11.4 Å². The maximum atomic E-state index is 11.6. The lowest BCUT2D eigenvalue weighted by Crippen LogP contribution is -2.00. The van der Waals surface area contributed by atoms with Crippen molar-refractivity contribution in [1.29, 1.82) is 0 Å². The second-order valence-electron chi connectivity index (χ2n) is 5.11. The van der Waals surface area contributed by atoms with Gasteiger partial charge in [-0.1, -0.05) is 17.3 Å². The number of carbonyl (C=O) groups excluding carboxylic acids is 1. The van der Waals surface area contributed by atoms with Crippen LogP contribution in [0.5, 0.6) is 5.75 Å². The number of hydrogen-bond donors (Lipinski definition) is 0. The van der Waals surface area contributed by atoms with Crippen LogP contribution in [0.15, 0.2) is 59.1 Å². The second-order valence-corrected chi connectivity index (χ2v) is 5.11. The van der Waals surface area contributed by atoms with Crippen molar-refractivity contribution < 1.29 is 18.8 Å². The summed E-state index contributed by atoms with van der Waals surface area (Å²) in [4.78, 5) is 11.6. The number of rotatable bonds is 5. The van der Waals surface area contributed by atoms with Crippen LogP contribution in [0.4, 0.5) is 0 Å². The van der Waals surface area contributed by atoms with Gasteiger partial charge in [0.2, 0.25) is 0 Å². The maximum absolute atomic E-state index is 11.6. The number of benzene rings is 2. The van der Waals surface area contributed by atoms with E-state index in [2.05, 4.69) is 5.16 Å². The van der Waals surface area contributed by atoms with Crippen molar-refractivity contribution in [1.82, 2.24) is 5.16 Å². The van der Waals surface area contributed by atoms with E-state index in [1.54, 1.807) is 18.2 Å². The van der Waals surface area contributed by atoms with Crippen molar-refractivity contribution in [3.8, 4) is 28.3 Å². The molecule has 0 fully saturated rings. The molecule has 3 aromatic rings. The van der Waals surface area contributed by atoms with Crippen LogP contribution in [0.25, 0.3) is 22.6 Å². The molecule has 0 spiro atoms. The Balaban J connectivity index is 1.86. The van der Waals surface area contributed by atoms with Crippen molar-refractivity contribution in [3.63, 3.8) is 0 Å². The number of methoxy groups -OCH3 is 1. The molecule has 122 valence electrons. The standard InChI is InChI=1S/C19H17NO4/c1-3-23-16-9-7-13(8-10-16)18-12-17(20-24-18)14-5-4-6-15(11-14)19(21)22-2/h4-12H,3H2,1-2H3. The van der Waals surface area contributed by atoms with E-state index < -0.39 is 0 Å². The molecule has 0 unspecified atom stereocenters. The molecule has 24 heavy (non-hydrogen) atoms. The molecule has 0 amide bonds. The van der Waals surface area contributed by atoms with E-state index in [4.69, 9.17) is 14.0 Å². The maximum Gasteiger partial charge on any atom is 0.337 e. The molecule has 5 nitrogen and oxygen atoms in total. The van der Waals surface area contributed by atoms with Crippen LogP contribution in [0.2, 0.25) is 0 Å². The molecule has 0 saturated carbocycles. The number of nitrogens with zero attached hydrogens (tertiary/aromatic N) is 1. The topological polar surface area (TPSA) is 61.6 Å². The summed E-state index contributed by atoms with van der Waals surface area (Å²) in [6, 6.07) is 16.5. The molecule has 1 aromatic heterocycles. The van der Waals surface area contributed by atoms with E-state index in [1.165, 1.54) is 7.11 Å². The van der Waals surface area contributed by atoms with Crippen LogP contribution >= 0.6 is 0 Å². The summed E-state index contributed by atoms with van der Waals surface area (Å²) in [5.41, 5.74) is 2.82. The van der Waals surface area contributed by atoms with E-state index in [-0.39, 0.29) is 5.97 Å². The number of aromatic nitrogens is 1. The predicted octanol–water partition coefficient (Wildman–Crippen LogP) is 4.19. The molecule has 1 heterocycles. The van der Waals surface area contributed by atoms with Crippen LogP contribution in [-0.4, -0.2) is 24.8 Å². The molecule has 0 atom stereocenters. The largest absolute Gasteiger partial charge is 0.494 e. The van der Waals surface area contributed by atoms with E-state index >= 15 is 0 Å². The number of carbonyl (C=O) groups is 1. The zero-order valence-electron chi connectivity index (χ0n) is 13.5. The Morgan fingerprint density at radius 2 is 1.88 bits per heavy atom. The lowest BCUT2D eigenvalue weighted by atomic mass is 10.1. The monoisotopic (exact) mass is 323 g/mol. The zero-order chi connectivity index (χ0) is 16.9. The highest BCUT2D eigenvalue weighted by atomic mass is 16.5. The van der Waals surface area contributed by atoms with Gasteiger partial charge in [0.25, 0.3) is 0 Å². The normalized spacial score (nSPS) is 10.4. The average Bonchev–Trinajstić information content (AvgIpc) is 3.12. The Bertz CT molecular complexity index is 837. The van der Waals surface area contributed by atoms with Crippen molar-refractivity contribution in [2.45, 2.75) is 6.92 Å². The molecule has 5 heteroatoms. The van der Waals surface area contributed by atoms with Crippen molar-refractivity contribution in [2.75, 3.05) is 13.7 Å². The van der Waals surface area contributed by atoms with Gasteiger partial charge in [-0.3, -0.25) is 0 Å². The molecule has 0 saturated heterocycles. The lowest BCUT2D eigenvalue weighted by Gasteiger charge is -2.02. The lowest BCUT2D eigenvalue weighted by molar-refractivity contribution is 0.0601. The first-order valence-electron chi connectivity index (χ1n) is 7.60. The van der Waals surface area contributed by atoms with Crippen LogP contribution in [-0.2, 0) is 4.74 Å². The van der Waals surface area contributed by atoms with Crippen molar-refractivity contribution >= 4 is 5.97 Å². The predicted molar refractivity (Wildman–Crippen MR) is 89.9 cm³/mol. The fourth-order valence-electron chi connectivity index (χ4n) is 2.35. The summed E-state index contributed by atoms with van der Waals surface area (Å²) in [5.74, 6) is 1.08. The smallest absolute Gasteiger partial charge is 0.337 e. The van der Waals surface area contributed by atoms with Crippen LogP contribution in [0.1, 0.15) is 17.3 Å². The molecule has 0 aliphatic rings. The van der Waals surface area contributed by atoms with Crippen LogP contribution in [0.3, 0.4) is 0 Å². The highest BCUT2D eigenvalue weighted by Crippen LogP contribution is 2.27. The van der Waals surface area contributed by atoms with E-state index in [1.807, 2.05) is 43.3 Å². The van der Waals surface area contributed by atoms with Gasteiger partial charge < -0.3 is 14.0 Å². The first-order valence-corrected chi connectivity index (χ1v) is 7.60. The van der Waals surface area contributed by atoms with Gasteiger partial charge >= 0.3 is 5.97 Å². The van der Waals surface area contributed by atoms with Crippen LogP contribution in [0, 0.1) is 0 Å². The summed E-state index contributed by atoms with van der Waals surface area (Å²) in [6.07, 6.45) is 0. The molecule has 3 rings (SSSR count). The van der Waals surface area contributed by atoms with Gasteiger partial charge in [-0.05, 0) is 43.3 Å². The highest BCUT2D eigenvalue weighted by Gasteiger charge is 2.11. The van der Waals surface area contributed by atoms with E-state index in [0.29, 0.717) is 23.6 Å². The molecule has 0 N–H and O–H groups in total. The van der Waals surface area contributed by atoms with Gasteiger partial charge in [-0.15, -0.1) is 0 Å². The molecular formula is C19H17NO4. The van der Waals surface area contributed by atoms with E-state index in [9.17, 15) is 4.79 Å². The Morgan fingerprint density at radius 1 is 1.08 bits per heavy atom. The van der Waals surface area contributed by atoms with Crippen molar-refractivity contribution in [3.05, 3.63) is 60.2 Å². The molecule has 0 aliphatic carbocycles. The van der Waals surface area contributed by atoms with Crippen LogP contribution < -0.4 is 4.74 Å². The fraction of sp³-hybridized carbons (Fsp3) is 0.158. The highest BCUT2D eigenvalue weighted by molar-refractivity contribution is 5.90. The van der Waals surface area contributed by atoms with E-state index in [0.717, 1.165) is 16.9 Å². The zero-order valence-corrected chi connectivity index (χ0v) is 13.5. The molecule has 0 radical (unpaired) electrons. The molecular weight excluding hydrogens is 306 g/mol. The number of ether oxygens (including phenoxy) is 2. The number of esters is 1. The number of hydrogen-bond acceptors (Lipinski definition) is 5. The van der Waals surface area contributed by atoms with Gasteiger partial charge in [0, 0.05) is 17.2 Å². The third-order valence-electron chi connectivity index (χ3n) is 3.54. The minimum atomic E-state index is -0.382. The molecule has 0 bridgehead atoms. The second kappa shape index (κ2) is 7.00. The summed E-state index contributed by atoms with van der Waals surface area (Å²) in [6.45, 7) is 2.57. The summed E-state index contributed by atoms with van der Waals surface area (Å²) >= 11 is 0. The van der Waals surface area contributed by atoms with Gasteiger partial charge in [-0.25, -0.2) is 4.79 Å². The first kappa shape index (κ1) is 15.8. The third-order valence-corrected chi connectivity index (χ3v) is 3.54. The Morgan fingerprint density at radius 3 is 2.58 bits per heavy atom. The Labute approximate surface area is 139 Å². The van der Waals surface area contributed by atoms with Gasteiger partial charge in [0.15, 0.2) is 5.76 Å². The first-order chi connectivity index (χ1) is 11.7. The third kappa shape index (κ3) is 3.30. The van der Waals surface area contributed by atoms with Gasteiger partial charge in [-0.2, -0.15) is 0 Å².